The van der Waals surface area contributed by atoms with Crippen LogP contribution < -0.4 is 10.2 Å². The van der Waals surface area contributed by atoms with Crippen molar-refractivity contribution in [2.24, 2.45) is 0 Å². The van der Waals surface area contributed by atoms with E-state index in [4.69, 9.17) is 18.6 Å². The molecule has 116 valence electrons. The van der Waals surface area contributed by atoms with Crippen LogP contribution in [0, 0.1) is 0 Å². The summed E-state index contributed by atoms with van der Waals surface area (Å²) < 4.78 is 22.0. The number of ether oxygens (including phenoxy) is 3. The van der Waals surface area contributed by atoms with Crippen LogP contribution in [0.5, 0.6) is 11.5 Å². The second-order valence-electron chi connectivity index (χ2n) is 5.17. The molecule has 1 aliphatic rings. The Morgan fingerprint density at radius 3 is 2.52 bits per heavy atom. The van der Waals surface area contributed by atoms with E-state index < -0.39 is 6.29 Å². The summed E-state index contributed by atoms with van der Waals surface area (Å²) in [4.78, 5) is 12.5. The van der Waals surface area contributed by atoms with Crippen LogP contribution in [0.4, 0.5) is 0 Å². The Bertz CT molecular complexity index is 879. The molecule has 0 radical (unpaired) electrons. The average Bonchev–Trinajstić information content (AvgIpc) is 3.10. The number of hydrogen-bond donors (Lipinski definition) is 0. The van der Waals surface area contributed by atoms with Gasteiger partial charge in [-0.2, -0.15) is 0 Å². The second-order valence-corrected chi connectivity index (χ2v) is 5.17. The normalized spacial score (nSPS) is 15.1. The van der Waals surface area contributed by atoms with Crippen molar-refractivity contribution < 1.29 is 18.6 Å². The highest BCUT2D eigenvalue weighted by Gasteiger charge is 2.23. The first-order valence-corrected chi connectivity index (χ1v) is 7.33. The lowest BCUT2D eigenvalue weighted by Gasteiger charge is -2.09. The Morgan fingerprint density at radius 2 is 1.74 bits per heavy atom. The van der Waals surface area contributed by atoms with Gasteiger partial charge in [0.2, 0.25) is 5.43 Å². The zero-order valence-corrected chi connectivity index (χ0v) is 12.2. The highest BCUT2D eigenvalue weighted by atomic mass is 16.7. The van der Waals surface area contributed by atoms with Crippen molar-refractivity contribution in [2.75, 3.05) is 13.2 Å². The van der Waals surface area contributed by atoms with E-state index in [0.717, 1.165) is 5.75 Å². The minimum Gasteiger partial charge on any atom is -0.463 e. The lowest BCUT2D eigenvalue weighted by molar-refractivity contribution is -0.0457. The fraction of sp³-hybridized carbons (Fsp3) is 0.167. The summed E-state index contributed by atoms with van der Waals surface area (Å²) in [7, 11) is 0. The van der Waals surface area contributed by atoms with Gasteiger partial charge in [-0.1, -0.05) is 18.2 Å². The second kappa shape index (κ2) is 5.87. The number of para-hydroxylation sites is 1. The number of benzene rings is 2. The molecule has 0 saturated carbocycles. The van der Waals surface area contributed by atoms with Crippen molar-refractivity contribution in [3.63, 3.8) is 0 Å². The lowest BCUT2D eigenvalue weighted by atomic mass is 10.1. The van der Waals surface area contributed by atoms with E-state index in [2.05, 4.69) is 0 Å². The first kappa shape index (κ1) is 14.0. The van der Waals surface area contributed by atoms with Gasteiger partial charge in [-0.3, -0.25) is 4.79 Å². The summed E-state index contributed by atoms with van der Waals surface area (Å²) in [6.07, 6.45) is 0.753. The Balaban J connectivity index is 1.70. The van der Waals surface area contributed by atoms with Gasteiger partial charge < -0.3 is 18.6 Å². The largest absolute Gasteiger partial charge is 0.463 e. The van der Waals surface area contributed by atoms with Gasteiger partial charge in [0.25, 0.3) is 0 Å². The number of hydrogen-bond acceptors (Lipinski definition) is 5. The zero-order chi connectivity index (χ0) is 15.6. The van der Waals surface area contributed by atoms with E-state index in [1.807, 2.05) is 30.3 Å². The van der Waals surface area contributed by atoms with Crippen LogP contribution in [0.1, 0.15) is 11.9 Å². The molecule has 1 aromatic heterocycles. The maximum Gasteiger partial charge on any atom is 0.200 e. The van der Waals surface area contributed by atoms with Crippen molar-refractivity contribution >= 4 is 11.0 Å². The molecule has 2 aromatic carbocycles. The quantitative estimate of drug-likeness (QED) is 0.739. The zero-order valence-electron chi connectivity index (χ0n) is 12.2. The van der Waals surface area contributed by atoms with Gasteiger partial charge in [0.05, 0.1) is 24.2 Å². The minimum absolute atomic E-state index is 0.149. The number of fused-ring (bicyclic) bond motifs is 1. The van der Waals surface area contributed by atoms with Crippen LogP contribution in [0.25, 0.3) is 11.0 Å². The van der Waals surface area contributed by atoms with E-state index in [1.165, 1.54) is 6.26 Å². The molecule has 5 heteroatoms. The van der Waals surface area contributed by atoms with Gasteiger partial charge >= 0.3 is 0 Å². The third-order valence-corrected chi connectivity index (χ3v) is 3.63. The maximum absolute atomic E-state index is 12.5. The van der Waals surface area contributed by atoms with Crippen LogP contribution >= 0.6 is 0 Å². The summed E-state index contributed by atoms with van der Waals surface area (Å²) in [6.45, 7) is 0.956. The monoisotopic (exact) mass is 310 g/mol. The molecule has 0 unspecified atom stereocenters. The Morgan fingerprint density at radius 1 is 0.957 bits per heavy atom. The predicted octanol–water partition coefficient (Wildman–Crippen LogP) is 3.63. The van der Waals surface area contributed by atoms with E-state index in [1.54, 1.807) is 18.2 Å². The summed E-state index contributed by atoms with van der Waals surface area (Å²) in [5.74, 6) is 1.33. The van der Waals surface area contributed by atoms with Crippen LogP contribution in [0.3, 0.4) is 0 Å². The molecule has 0 aliphatic carbocycles. The number of rotatable bonds is 3. The molecule has 5 nitrogen and oxygen atoms in total. The van der Waals surface area contributed by atoms with E-state index >= 15 is 0 Å². The van der Waals surface area contributed by atoms with Crippen LogP contribution in [-0.4, -0.2) is 13.2 Å². The van der Waals surface area contributed by atoms with Crippen molar-refractivity contribution in [2.45, 2.75) is 6.29 Å². The van der Waals surface area contributed by atoms with Gasteiger partial charge in [-0.15, -0.1) is 0 Å². The van der Waals surface area contributed by atoms with E-state index in [0.29, 0.717) is 35.5 Å². The van der Waals surface area contributed by atoms with Gasteiger partial charge in [0, 0.05) is 6.07 Å². The van der Waals surface area contributed by atoms with Crippen molar-refractivity contribution in [1.29, 1.82) is 0 Å². The minimum atomic E-state index is -0.643. The van der Waals surface area contributed by atoms with Gasteiger partial charge in [-0.25, -0.2) is 0 Å². The SMILES string of the molecule is O=c1c(C2OCCO2)coc2cc(Oc3ccccc3)ccc12. The van der Waals surface area contributed by atoms with Crippen LogP contribution in [0.2, 0.25) is 0 Å². The summed E-state index contributed by atoms with van der Waals surface area (Å²) in [5.41, 5.74) is 0.696. The van der Waals surface area contributed by atoms with Gasteiger partial charge in [0.1, 0.15) is 23.3 Å². The maximum atomic E-state index is 12.5. The predicted molar refractivity (Wildman–Crippen MR) is 83.6 cm³/mol. The fourth-order valence-corrected chi connectivity index (χ4v) is 2.51. The van der Waals surface area contributed by atoms with Crippen LogP contribution in [-0.2, 0) is 9.47 Å². The standard InChI is InChI=1S/C18H14O5/c19-17-14-7-6-13(23-12-4-2-1-3-5-12)10-16(14)22-11-15(17)18-20-8-9-21-18/h1-7,10-11,18H,8-9H2. The molecule has 1 aliphatic heterocycles. The van der Waals surface area contributed by atoms with E-state index in [-0.39, 0.29) is 5.43 Å². The molecule has 0 amide bonds. The molecule has 1 saturated heterocycles. The van der Waals surface area contributed by atoms with Crippen molar-refractivity contribution in [3.8, 4) is 11.5 Å². The molecule has 4 rings (SSSR count). The van der Waals surface area contributed by atoms with Gasteiger partial charge in [-0.05, 0) is 24.3 Å². The molecule has 3 aromatic rings. The third-order valence-electron chi connectivity index (χ3n) is 3.63. The Labute approximate surface area is 132 Å². The first-order valence-electron chi connectivity index (χ1n) is 7.33. The topological polar surface area (TPSA) is 57.9 Å². The van der Waals surface area contributed by atoms with Crippen molar-refractivity contribution in [3.05, 3.63) is 70.6 Å². The summed E-state index contributed by atoms with van der Waals surface area (Å²) >= 11 is 0. The highest BCUT2D eigenvalue weighted by Crippen LogP contribution is 2.27. The molecule has 0 bridgehead atoms. The highest BCUT2D eigenvalue weighted by molar-refractivity contribution is 5.78. The molecule has 0 N–H and O–H groups in total. The lowest BCUT2D eigenvalue weighted by Crippen LogP contribution is -2.13. The molecule has 1 fully saturated rings. The van der Waals surface area contributed by atoms with Crippen molar-refractivity contribution in [1.82, 2.24) is 0 Å². The smallest absolute Gasteiger partial charge is 0.200 e. The Kier molecular flexibility index (Phi) is 3.57. The molecule has 23 heavy (non-hydrogen) atoms. The molecule has 0 spiro atoms. The first-order chi connectivity index (χ1) is 11.3. The van der Waals surface area contributed by atoms with Gasteiger partial charge in [0.15, 0.2) is 6.29 Å². The summed E-state index contributed by atoms with van der Waals surface area (Å²) in [5, 5.41) is 0.474. The average molecular weight is 310 g/mol. The molecular weight excluding hydrogens is 296 g/mol. The molecule has 2 heterocycles. The summed E-state index contributed by atoms with van der Waals surface area (Å²) in [6, 6.07) is 14.6. The Hall–Kier alpha value is -2.63. The fourth-order valence-electron chi connectivity index (χ4n) is 2.51. The third kappa shape index (κ3) is 2.72. The van der Waals surface area contributed by atoms with E-state index in [9.17, 15) is 4.79 Å². The molecular formula is C18H14O5. The molecule has 0 atom stereocenters. The van der Waals surface area contributed by atoms with Crippen LogP contribution in [0.15, 0.2) is 64.0 Å².